The summed E-state index contributed by atoms with van der Waals surface area (Å²) in [6.07, 6.45) is 0.994. The maximum atomic E-state index is 9.97. The fraction of sp³-hybridized carbons (Fsp3) is 0.0448. The predicted octanol–water partition coefficient (Wildman–Crippen LogP) is 17.8. The number of aryl methyl sites for hydroxylation is 1. The summed E-state index contributed by atoms with van der Waals surface area (Å²) in [6.45, 7) is 5.92. The summed E-state index contributed by atoms with van der Waals surface area (Å²) in [5.74, 6) is 0. The van der Waals surface area contributed by atoms with Crippen LogP contribution in [0.25, 0.3) is 49.4 Å². The van der Waals surface area contributed by atoms with E-state index in [0.29, 0.717) is 29.8 Å². The van der Waals surface area contributed by atoms with E-state index in [0.717, 1.165) is 84.7 Å². The van der Waals surface area contributed by atoms with Crippen molar-refractivity contribution in [2.45, 2.75) is 18.3 Å². The molecule has 0 N–H and O–H groups in total. The predicted molar refractivity (Wildman–Crippen MR) is 290 cm³/mol. The lowest BCUT2D eigenvalue weighted by atomic mass is 9.67. The van der Waals surface area contributed by atoms with Gasteiger partial charge in [0.15, 0.2) is 0 Å². The Morgan fingerprint density at radius 2 is 1.15 bits per heavy atom. The summed E-state index contributed by atoms with van der Waals surface area (Å²) in [4.78, 5) is 1.80. The number of hydrogen-bond donors (Lipinski definition) is 0. The summed E-state index contributed by atoms with van der Waals surface area (Å²) in [5, 5.41) is 4.36. The Morgan fingerprint density at radius 1 is 0.515 bits per heavy atom. The third-order valence-electron chi connectivity index (χ3n) is 13.3. The van der Waals surface area contributed by atoms with Crippen molar-refractivity contribution >= 4 is 44.2 Å². The minimum absolute atomic E-state index is 0.0354. The van der Waals surface area contributed by atoms with E-state index < -0.39 is 41.7 Å². The van der Waals surface area contributed by atoms with Crippen molar-refractivity contribution in [3.05, 3.63) is 313 Å². The van der Waals surface area contributed by atoms with Gasteiger partial charge in [0.25, 0.3) is 0 Å². The highest BCUT2D eigenvalue weighted by atomic mass is 15.1. The molecule has 0 aromatic heterocycles. The largest absolute Gasteiger partial charge is 0.310 e. The van der Waals surface area contributed by atoms with Gasteiger partial charge >= 0.3 is 0 Å². The first kappa shape index (κ1) is 33.9. The van der Waals surface area contributed by atoms with E-state index in [4.69, 9.17) is 4.11 Å². The van der Waals surface area contributed by atoms with Gasteiger partial charge in [-0.1, -0.05) is 226 Å². The van der Waals surface area contributed by atoms with Gasteiger partial charge in [0.05, 0.1) is 16.4 Å². The van der Waals surface area contributed by atoms with E-state index in [1.165, 1.54) is 0 Å². The summed E-state index contributed by atoms with van der Waals surface area (Å²) in [6, 6.07) is 69.3. The molecule has 0 saturated carbocycles. The van der Waals surface area contributed by atoms with Crippen molar-refractivity contribution in [2.75, 3.05) is 4.90 Å². The summed E-state index contributed by atoms with van der Waals surface area (Å²) < 4.78 is 74.7. The number of anilines is 3. The first-order valence-corrected chi connectivity index (χ1v) is 22.9. The third-order valence-corrected chi connectivity index (χ3v) is 13.3. The fourth-order valence-electron chi connectivity index (χ4n) is 10.00. The number of nitrogens with zero attached hydrogens (tertiary/aromatic N) is 1. The lowest BCUT2D eigenvalue weighted by molar-refractivity contribution is 0.768. The molecule has 11 rings (SSSR count). The SMILES string of the molecule is [2H]C=C(C(=C)CCc1ccccc1)/C([2H])=C(/[2H])C(=C[2H])c1c([2H])c([2H])c(N(c2cccc(-c3cc4ccccc4c4ccccc34)c2)c2ccc3c(c2)C(c2ccccc2)(c2ccccc2)c2ccccc2-3)c([2H])c1[2H]. The molecule has 0 fully saturated rings. The molecule has 0 radical (unpaired) electrons. The van der Waals surface area contributed by atoms with Gasteiger partial charge < -0.3 is 4.90 Å². The average molecular weight is 878 g/mol. The summed E-state index contributed by atoms with van der Waals surface area (Å²) in [7, 11) is 0. The zero-order valence-corrected chi connectivity index (χ0v) is 37.4. The van der Waals surface area contributed by atoms with E-state index in [1.54, 1.807) is 4.90 Å². The molecule has 0 atom stereocenters. The molecule has 1 heteroatoms. The summed E-state index contributed by atoms with van der Waals surface area (Å²) >= 11 is 0. The molecule has 0 heterocycles. The van der Waals surface area contributed by atoms with Crippen molar-refractivity contribution in [2.24, 2.45) is 0 Å². The van der Waals surface area contributed by atoms with Crippen LogP contribution in [0, 0.1) is 0 Å². The maximum absolute atomic E-state index is 9.97. The molecule has 0 bridgehead atoms. The summed E-state index contributed by atoms with van der Waals surface area (Å²) in [5.41, 5.74) is 9.49. The molecule has 0 aliphatic heterocycles. The molecule has 0 amide bonds. The highest BCUT2D eigenvalue weighted by Crippen LogP contribution is 2.57. The Bertz CT molecular complexity index is 3930. The number of allylic oxidation sites excluding steroid dienone is 5. The zero-order chi connectivity index (χ0) is 52.7. The van der Waals surface area contributed by atoms with Crippen LogP contribution < -0.4 is 4.90 Å². The van der Waals surface area contributed by atoms with E-state index >= 15 is 0 Å². The average Bonchev–Trinajstić information content (AvgIpc) is 4.03. The van der Waals surface area contributed by atoms with Gasteiger partial charge in [-0.3, -0.25) is 0 Å². The molecule has 1 aliphatic rings. The van der Waals surface area contributed by atoms with E-state index in [9.17, 15) is 6.85 Å². The Balaban J connectivity index is 1.12. The molecular formula is C67H51N. The first-order valence-electron chi connectivity index (χ1n) is 27.1. The first-order chi connectivity index (χ1) is 37.1. The quantitative estimate of drug-likeness (QED) is 0.0824. The lowest BCUT2D eigenvalue weighted by Crippen LogP contribution is -2.28. The molecule has 1 aliphatic carbocycles. The number of rotatable bonds is 13. The van der Waals surface area contributed by atoms with Gasteiger partial charge in [-0.2, -0.15) is 0 Å². The highest BCUT2D eigenvalue weighted by Gasteiger charge is 2.46. The van der Waals surface area contributed by atoms with Gasteiger partial charge in [-0.25, -0.2) is 0 Å². The third kappa shape index (κ3) is 7.59. The Labute approximate surface area is 411 Å². The normalized spacial score (nSPS) is 15.1. The van der Waals surface area contributed by atoms with Crippen molar-refractivity contribution in [3.8, 4) is 22.3 Å². The molecular weight excluding hydrogens is 819 g/mol. The minimum atomic E-state index is -0.793. The van der Waals surface area contributed by atoms with Crippen molar-refractivity contribution in [3.63, 3.8) is 0 Å². The van der Waals surface area contributed by atoms with Gasteiger partial charge in [-0.15, -0.1) is 0 Å². The highest BCUT2D eigenvalue weighted by molar-refractivity contribution is 6.14. The van der Waals surface area contributed by atoms with Crippen LogP contribution >= 0.6 is 0 Å². The van der Waals surface area contributed by atoms with Gasteiger partial charge in [0.2, 0.25) is 0 Å². The lowest BCUT2D eigenvalue weighted by Gasteiger charge is -2.35. The molecule has 10 aromatic rings. The van der Waals surface area contributed by atoms with Crippen LogP contribution in [0.5, 0.6) is 0 Å². The van der Waals surface area contributed by atoms with Gasteiger partial charge in [0.1, 0.15) is 0 Å². The van der Waals surface area contributed by atoms with Gasteiger partial charge in [0, 0.05) is 17.1 Å². The number of fused-ring (bicyclic) bond motifs is 6. The standard InChI is InChI=1S/C67H51N/c1-47(48(2)36-37-50-20-7-4-8-21-50)34-35-49(3)51-38-40-56(41-39-51)68(57-28-19-23-52(44-57)64-45-53-22-13-14-29-59(53)60-30-15-16-31-61(60)64)58-42-43-63-62-32-17-18-33-65(62)67(66(63)46-58,54-24-9-5-10-25-54)55-26-11-6-12-27-55/h4-35,38-46H,1-3,36-37H2/b35-34-/i1D,3D,34D,35D,38D,39D,40D,41D/b35-34-,47-1?,49-3?. The van der Waals surface area contributed by atoms with E-state index in [1.807, 2.05) is 97.1 Å². The molecule has 0 saturated heterocycles. The number of hydrogen-bond acceptors (Lipinski definition) is 1. The fourth-order valence-corrected chi connectivity index (χ4v) is 10.00. The smallest absolute Gasteiger partial charge is 0.0714 e. The Hall–Kier alpha value is -8.52. The van der Waals surface area contributed by atoms with E-state index in [2.05, 4.69) is 122 Å². The minimum Gasteiger partial charge on any atom is -0.310 e. The van der Waals surface area contributed by atoms with Crippen LogP contribution in [0.1, 0.15) is 50.8 Å². The second-order valence-electron chi connectivity index (χ2n) is 17.2. The van der Waals surface area contributed by atoms with Crippen LogP contribution in [0.3, 0.4) is 0 Å². The van der Waals surface area contributed by atoms with Crippen LogP contribution in [0.2, 0.25) is 0 Å². The van der Waals surface area contributed by atoms with Crippen LogP contribution in [-0.2, 0) is 11.8 Å². The second kappa shape index (κ2) is 18.0. The van der Waals surface area contributed by atoms with Crippen LogP contribution in [0.15, 0.2) is 279 Å². The molecule has 0 spiro atoms. The molecule has 0 unspecified atom stereocenters. The Morgan fingerprint density at radius 3 is 1.88 bits per heavy atom. The van der Waals surface area contributed by atoms with Crippen LogP contribution in [-0.4, -0.2) is 0 Å². The topological polar surface area (TPSA) is 3.24 Å². The zero-order valence-electron chi connectivity index (χ0n) is 45.4. The van der Waals surface area contributed by atoms with Gasteiger partial charge in [-0.05, 0) is 149 Å². The number of benzene rings is 10. The molecule has 10 aromatic carbocycles. The second-order valence-corrected chi connectivity index (χ2v) is 17.2. The molecule has 68 heavy (non-hydrogen) atoms. The van der Waals surface area contributed by atoms with Crippen molar-refractivity contribution < 1.29 is 11.0 Å². The van der Waals surface area contributed by atoms with Crippen molar-refractivity contribution in [1.29, 1.82) is 0 Å². The maximum Gasteiger partial charge on any atom is 0.0714 e. The van der Waals surface area contributed by atoms with E-state index in [-0.39, 0.29) is 22.4 Å². The monoisotopic (exact) mass is 877 g/mol. The van der Waals surface area contributed by atoms with Crippen LogP contribution in [0.4, 0.5) is 17.1 Å². The Kier molecular flexibility index (Phi) is 8.99. The molecule has 324 valence electrons. The molecule has 1 nitrogen and oxygen atoms in total. The van der Waals surface area contributed by atoms with Crippen molar-refractivity contribution in [1.82, 2.24) is 0 Å².